The van der Waals surface area contributed by atoms with Gasteiger partial charge in [-0.25, -0.2) is 0 Å². The number of benzene rings is 2. The predicted octanol–water partition coefficient (Wildman–Crippen LogP) is 3.20. The summed E-state index contributed by atoms with van der Waals surface area (Å²) in [6.45, 7) is 1.67. The summed E-state index contributed by atoms with van der Waals surface area (Å²) < 4.78 is 6.63. The fraction of sp³-hybridized carbons (Fsp3) is 0.176. The zero-order valence-electron chi connectivity index (χ0n) is 12.5. The number of ether oxygens (including phenoxy) is 1. The Kier molecular flexibility index (Phi) is 4.34. The molecule has 5 nitrogen and oxygen atoms in total. The van der Waals surface area contributed by atoms with Crippen LogP contribution < -0.4 is 15.0 Å². The molecular formula is C17H15BrN2O3. The third-order valence-electron chi connectivity index (χ3n) is 3.51. The van der Waals surface area contributed by atoms with Crippen LogP contribution in [0.15, 0.2) is 53.0 Å². The summed E-state index contributed by atoms with van der Waals surface area (Å²) in [6.07, 6.45) is -0.699. The van der Waals surface area contributed by atoms with Crippen LogP contribution in [0.5, 0.6) is 5.75 Å². The van der Waals surface area contributed by atoms with Gasteiger partial charge in [0.1, 0.15) is 12.3 Å². The van der Waals surface area contributed by atoms with Crippen molar-refractivity contribution in [1.82, 2.24) is 0 Å². The van der Waals surface area contributed by atoms with Crippen molar-refractivity contribution in [1.29, 1.82) is 0 Å². The second kappa shape index (κ2) is 6.42. The average Bonchev–Trinajstić information content (AvgIpc) is 2.55. The summed E-state index contributed by atoms with van der Waals surface area (Å²) >= 11 is 3.35. The molecule has 6 heteroatoms. The maximum atomic E-state index is 12.7. The van der Waals surface area contributed by atoms with E-state index in [-0.39, 0.29) is 18.4 Å². The first-order chi connectivity index (χ1) is 11.0. The van der Waals surface area contributed by atoms with Crippen molar-refractivity contribution in [3.8, 4) is 5.75 Å². The highest BCUT2D eigenvalue weighted by atomic mass is 79.9. The van der Waals surface area contributed by atoms with E-state index in [0.29, 0.717) is 17.1 Å². The summed E-state index contributed by atoms with van der Waals surface area (Å²) in [4.78, 5) is 26.0. The van der Waals surface area contributed by atoms with Gasteiger partial charge in [-0.2, -0.15) is 0 Å². The molecule has 0 radical (unpaired) electrons. The Labute approximate surface area is 142 Å². The summed E-state index contributed by atoms with van der Waals surface area (Å²) in [5.74, 6) is 0.131. The lowest BCUT2D eigenvalue weighted by molar-refractivity contribution is -0.126. The van der Waals surface area contributed by atoms with E-state index in [4.69, 9.17) is 4.74 Å². The number of amides is 2. The van der Waals surface area contributed by atoms with Crippen LogP contribution in [0.25, 0.3) is 0 Å². The molecule has 0 saturated carbocycles. The van der Waals surface area contributed by atoms with Crippen LogP contribution in [-0.2, 0) is 9.59 Å². The number of fused-ring (bicyclic) bond motifs is 1. The van der Waals surface area contributed by atoms with Gasteiger partial charge in [0.2, 0.25) is 5.91 Å². The number of carbonyl (C=O) groups excluding carboxylic acids is 2. The molecule has 118 valence electrons. The monoisotopic (exact) mass is 374 g/mol. The predicted molar refractivity (Wildman–Crippen MR) is 91.7 cm³/mol. The first kappa shape index (κ1) is 15.6. The van der Waals surface area contributed by atoms with Gasteiger partial charge in [-0.15, -0.1) is 0 Å². The van der Waals surface area contributed by atoms with Gasteiger partial charge in [-0.3, -0.25) is 14.5 Å². The van der Waals surface area contributed by atoms with Gasteiger partial charge in [-0.1, -0.05) is 28.1 Å². The second-order valence-corrected chi connectivity index (χ2v) is 6.12. The van der Waals surface area contributed by atoms with Crippen LogP contribution >= 0.6 is 15.9 Å². The normalized spacial score (nSPS) is 14.7. The standard InChI is InChI=1S/C17H15BrN2O3/c1-11(23-13-8-6-12(18)7-9-13)17(22)20-10-16(21)19-14-4-2-3-5-15(14)20/h2-9,11H,10H2,1H3,(H,19,21). The summed E-state index contributed by atoms with van der Waals surface area (Å²) in [7, 11) is 0. The van der Waals surface area contributed by atoms with Gasteiger partial charge >= 0.3 is 0 Å². The average molecular weight is 375 g/mol. The topological polar surface area (TPSA) is 58.6 Å². The van der Waals surface area contributed by atoms with Gasteiger partial charge in [0.15, 0.2) is 6.10 Å². The highest BCUT2D eigenvalue weighted by molar-refractivity contribution is 9.10. The van der Waals surface area contributed by atoms with E-state index in [9.17, 15) is 9.59 Å². The summed E-state index contributed by atoms with van der Waals surface area (Å²) in [5, 5.41) is 2.76. The largest absolute Gasteiger partial charge is 0.481 e. The number of rotatable bonds is 3. The van der Waals surface area contributed by atoms with Crippen molar-refractivity contribution in [3.63, 3.8) is 0 Å². The first-order valence-electron chi connectivity index (χ1n) is 7.17. The highest BCUT2D eigenvalue weighted by Gasteiger charge is 2.30. The Morgan fingerprint density at radius 3 is 2.65 bits per heavy atom. The van der Waals surface area contributed by atoms with Crippen LogP contribution in [0.3, 0.4) is 0 Å². The molecule has 2 amide bonds. The Balaban J connectivity index is 1.79. The molecule has 2 aromatic rings. The van der Waals surface area contributed by atoms with Crippen molar-refractivity contribution in [2.75, 3.05) is 16.8 Å². The van der Waals surface area contributed by atoms with Crippen molar-refractivity contribution >= 4 is 39.1 Å². The van der Waals surface area contributed by atoms with Crippen molar-refractivity contribution < 1.29 is 14.3 Å². The minimum absolute atomic E-state index is 0.0100. The number of nitrogens with zero attached hydrogens (tertiary/aromatic N) is 1. The van der Waals surface area contributed by atoms with E-state index in [0.717, 1.165) is 4.47 Å². The van der Waals surface area contributed by atoms with Crippen molar-refractivity contribution in [3.05, 3.63) is 53.0 Å². The molecule has 0 aliphatic carbocycles. The minimum atomic E-state index is -0.699. The number of halogens is 1. The van der Waals surface area contributed by atoms with Gasteiger partial charge < -0.3 is 10.1 Å². The lowest BCUT2D eigenvalue weighted by Gasteiger charge is -2.31. The second-order valence-electron chi connectivity index (χ2n) is 5.20. The van der Waals surface area contributed by atoms with Gasteiger partial charge in [0.05, 0.1) is 11.4 Å². The molecule has 1 N–H and O–H groups in total. The molecule has 2 aromatic carbocycles. The van der Waals surface area contributed by atoms with Crippen LogP contribution in [-0.4, -0.2) is 24.5 Å². The van der Waals surface area contributed by atoms with Crippen LogP contribution in [0, 0.1) is 0 Å². The van der Waals surface area contributed by atoms with E-state index in [1.54, 1.807) is 31.2 Å². The third kappa shape index (κ3) is 3.37. The van der Waals surface area contributed by atoms with Crippen LogP contribution in [0.1, 0.15) is 6.92 Å². The lowest BCUT2D eigenvalue weighted by atomic mass is 10.1. The highest BCUT2D eigenvalue weighted by Crippen LogP contribution is 2.29. The van der Waals surface area contributed by atoms with Crippen LogP contribution in [0.4, 0.5) is 11.4 Å². The van der Waals surface area contributed by atoms with Gasteiger partial charge in [0.25, 0.3) is 5.91 Å². The quantitative estimate of drug-likeness (QED) is 0.897. The van der Waals surface area contributed by atoms with Crippen molar-refractivity contribution in [2.45, 2.75) is 13.0 Å². The molecule has 1 atom stereocenters. The Hall–Kier alpha value is -2.34. The Bertz CT molecular complexity index is 746. The van der Waals surface area contributed by atoms with E-state index < -0.39 is 6.10 Å². The van der Waals surface area contributed by atoms with Gasteiger partial charge in [0, 0.05) is 4.47 Å². The summed E-state index contributed by atoms with van der Waals surface area (Å²) in [5.41, 5.74) is 1.32. The zero-order valence-corrected chi connectivity index (χ0v) is 14.0. The molecular weight excluding hydrogens is 360 g/mol. The lowest BCUT2D eigenvalue weighted by Crippen LogP contribution is -2.47. The molecule has 1 aliphatic heterocycles. The molecule has 1 heterocycles. The first-order valence-corrected chi connectivity index (χ1v) is 7.96. The van der Waals surface area contributed by atoms with Crippen molar-refractivity contribution in [2.24, 2.45) is 0 Å². The zero-order chi connectivity index (χ0) is 16.4. The van der Waals surface area contributed by atoms with E-state index in [1.165, 1.54) is 4.90 Å². The van der Waals surface area contributed by atoms with E-state index >= 15 is 0 Å². The number of nitrogens with one attached hydrogen (secondary N) is 1. The SMILES string of the molecule is CC(Oc1ccc(Br)cc1)C(=O)N1CC(=O)Nc2ccccc21. The van der Waals surface area contributed by atoms with Gasteiger partial charge in [-0.05, 0) is 43.3 Å². The smallest absolute Gasteiger partial charge is 0.268 e. The molecule has 23 heavy (non-hydrogen) atoms. The van der Waals surface area contributed by atoms with Crippen LogP contribution in [0.2, 0.25) is 0 Å². The molecule has 0 spiro atoms. The third-order valence-corrected chi connectivity index (χ3v) is 4.04. The Morgan fingerprint density at radius 1 is 1.22 bits per heavy atom. The van der Waals surface area contributed by atoms with E-state index in [2.05, 4.69) is 21.2 Å². The molecule has 0 aromatic heterocycles. The minimum Gasteiger partial charge on any atom is -0.481 e. The molecule has 1 unspecified atom stereocenters. The Morgan fingerprint density at radius 2 is 1.91 bits per heavy atom. The number of carbonyl (C=O) groups is 2. The number of para-hydroxylation sites is 2. The molecule has 1 aliphatic rings. The number of hydrogen-bond donors (Lipinski definition) is 1. The number of hydrogen-bond acceptors (Lipinski definition) is 3. The maximum absolute atomic E-state index is 12.7. The molecule has 0 fully saturated rings. The number of anilines is 2. The fourth-order valence-corrected chi connectivity index (χ4v) is 2.68. The fourth-order valence-electron chi connectivity index (χ4n) is 2.42. The van der Waals surface area contributed by atoms with E-state index in [1.807, 2.05) is 24.3 Å². The molecule has 0 bridgehead atoms. The molecule has 3 rings (SSSR count). The maximum Gasteiger partial charge on any atom is 0.268 e. The molecule has 0 saturated heterocycles. The summed E-state index contributed by atoms with van der Waals surface area (Å²) in [6, 6.07) is 14.5.